The fourth-order valence-corrected chi connectivity index (χ4v) is 0.726. The van der Waals surface area contributed by atoms with Crippen LogP contribution in [0.15, 0.2) is 35.2 Å². The van der Waals surface area contributed by atoms with Crippen LogP contribution in [0.5, 0.6) is 0 Å². The largest absolute Gasteiger partial charge is 0.472 e. The molecule has 0 aliphatic carbocycles. The van der Waals surface area contributed by atoms with Crippen molar-refractivity contribution < 1.29 is 9.21 Å². The van der Waals surface area contributed by atoms with E-state index in [2.05, 4.69) is 0 Å². The fourth-order valence-electron chi connectivity index (χ4n) is 0.726. The van der Waals surface area contributed by atoms with Crippen LogP contribution in [0.1, 0.15) is 23.7 Å². The molecular weight excluding hydrogens is 140 g/mol. The second kappa shape index (κ2) is 3.76. The van der Waals surface area contributed by atoms with E-state index < -0.39 is 0 Å². The van der Waals surface area contributed by atoms with Crippen LogP contribution in [0.2, 0.25) is 0 Å². The smallest absolute Gasteiger partial charge is 0.188 e. The highest BCUT2D eigenvalue weighted by molar-refractivity contribution is 6.04. The molecule has 58 valence electrons. The average Bonchev–Trinajstić information content (AvgIpc) is 2.52. The molecule has 11 heavy (non-hydrogen) atoms. The van der Waals surface area contributed by atoms with Gasteiger partial charge >= 0.3 is 0 Å². The van der Waals surface area contributed by atoms with E-state index in [4.69, 9.17) is 4.42 Å². The Kier molecular flexibility index (Phi) is 2.66. The molecule has 0 aromatic carbocycles. The van der Waals surface area contributed by atoms with Crippen LogP contribution in [-0.2, 0) is 0 Å². The minimum atomic E-state index is 0.000556. The van der Waals surface area contributed by atoms with E-state index in [1.165, 1.54) is 12.5 Å². The number of ketones is 1. The molecule has 0 spiro atoms. The van der Waals surface area contributed by atoms with Gasteiger partial charge in [0.05, 0.1) is 11.8 Å². The van der Waals surface area contributed by atoms with Gasteiger partial charge in [0.15, 0.2) is 5.78 Å². The van der Waals surface area contributed by atoms with Crippen molar-refractivity contribution in [2.75, 3.05) is 0 Å². The molecule has 2 nitrogen and oxygen atoms in total. The Morgan fingerprint density at radius 2 is 2.55 bits per heavy atom. The van der Waals surface area contributed by atoms with Crippen LogP contribution in [0.4, 0.5) is 0 Å². The van der Waals surface area contributed by atoms with Crippen LogP contribution in [0.3, 0.4) is 0 Å². The summed E-state index contributed by atoms with van der Waals surface area (Å²) in [5, 5.41) is 0. The highest BCUT2D eigenvalue weighted by Gasteiger charge is 2.00. The third-order valence-corrected chi connectivity index (χ3v) is 1.31. The Morgan fingerprint density at radius 1 is 1.73 bits per heavy atom. The van der Waals surface area contributed by atoms with E-state index in [9.17, 15) is 4.79 Å². The second-order valence-electron chi connectivity index (χ2n) is 2.19. The Bertz CT molecular complexity index is 245. The summed E-state index contributed by atoms with van der Waals surface area (Å²) in [5.74, 6) is 0.000556. The molecule has 0 fully saturated rings. The molecule has 0 aliphatic rings. The Labute approximate surface area is 65.5 Å². The Morgan fingerprint density at radius 3 is 3.09 bits per heavy atom. The molecule has 0 bridgehead atoms. The lowest BCUT2D eigenvalue weighted by atomic mass is 10.2. The lowest BCUT2D eigenvalue weighted by molar-refractivity contribution is 0.104. The number of carbonyl (C=O) groups is 1. The summed E-state index contributed by atoms with van der Waals surface area (Å²) in [4.78, 5) is 11.1. The number of rotatable bonds is 3. The molecule has 0 saturated carbocycles. The van der Waals surface area contributed by atoms with E-state index in [1.807, 2.05) is 13.0 Å². The van der Waals surface area contributed by atoms with E-state index in [0.29, 0.717) is 5.56 Å². The third kappa shape index (κ3) is 2.08. The Balaban J connectivity index is 2.64. The predicted molar refractivity (Wildman–Crippen MR) is 42.5 cm³/mol. The zero-order valence-electron chi connectivity index (χ0n) is 6.41. The van der Waals surface area contributed by atoms with Crippen molar-refractivity contribution in [2.45, 2.75) is 13.3 Å². The van der Waals surface area contributed by atoms with Crippen LogP contribution >= 0.6 is 0 Å². The lowest BCUT2D eigenvalue weighted by Gasteiger charge is -1.84. The van der Waals surface area contributed by atoms with Crippen molar-refractivity contribution in [3.8, 4) is 0 Å². The van der Waals surface area contributed by atoms with E-state index in [0.717, 1.165) is 6.42 Å². The molecule has 0 aliphatic heterocycles. The van der Waals surface area contributed by atoms with Crippen molar-refractivity contribution in [1.82, 2.24) is 0 Å². The first kappa shape index (κ1) is 7.79. The van der Waals surface area contributed by atoms with Gasteiger partial charge in [0, 0.05) is 0 Å². The zero-order chi connectivity index (χ0) is 8.10. The number of hydrogen-bond donors (Lipinski definition) is 0. The average molecular weight is 150 g/mol. The predicted octanol–water partition coefficient (Wildman–Crippen LogP) is 2.43. The molecule has 1 rings (SSSR count). The van der Waals surface area contributed by atoms with Gasteiger partial charge in [0.2, 0.25) is 0 Å². The summed E-state index contributed by atoms with van der Waals surface area (Å²) in [6, 6.07) is 1.66. The van der Waals surface area contributed by atoms with Gasteiger partial charge in [-0.1, -0.05) is 13.0 Å². The van der Waals surface area contributed by atoms with Crippen molar-refractivity contribution in [1.29, 1.82) is 0 Å². The minimum absolute atomic E-state index is 0.000556. The quantitative estimate of drug-likeness (QED) is 0.489. The summed E-state index contributed by atoms with van der Waals surface area (Å²) in [6.07, 6.45) is 7.21. The topological polar surface area (TPSA) is 30.2 Å². The van der Waals surface area contributed by atoms with E-state index in [-0.39, 0.29) is 5.78 Å². The summed E-state index contributed by atoms with van der Waals surface area (Å²) >= 11 is 0. The molecule has 1 aromatic heterocycles. The summed E-state index contributed by atoms with van der Waals surface area (Å²) < 4.78 is 4.76. The molecule has 0 unspecified atom stereocenters. The minimum Gasteiger partial charge on any atom is -0.472 e. The molecule has 0 radical (unpaired) electrons. The molecule has 1 aromatic rings. The van der Waals surface area contributed by atoms with Gasteiger partial charge in [-0.3, -0.25) is 4.79 Å². The van der Waals surface area contributed by atoms with Gasteiger partial charge in [0.1, 0.15) is 6.26 Å². The summed E-state index contributed by atoms with van der Waals surface area (Å²) in [6.45, 7) is 1.99. The summed E-state index contributed by atoms with van der Waals surface area (Å²) in [5.41, 5.74) is 0.606. The normalized spacial score (nSPS) is 10.6. The van der Waals surface area contributed by atoms with Gasteiger partial charge < -0.3 is 4.42 Å². The van der Waals surface area contributed by atoms with Gasteiger partial charge in [-0.15, -0.1) is 0 Å². The maximum Gasteiger partial charge on any atom is 0.188 e. The molecule has 0 amide bonds. The van der Waals surface area contributed by atoms with Crippen molar-refractivity contribution >= 4 is 5.78 Å². The molecule has 2 heteroatoms. The van der Waals surface area contributed by atoms with Crippen molar-refractivity contribution in [3.05, 3.63) is 36.3 Å². The second-order valence-corrected chi connectivity index (χ2v) is 2.19. The van der Waals surface area contributed by atoms with Crippen LogP contribution in [0.25, 0.3) is 0 Å². The molecule has 0 atom stereocenters. The number of hydrogen-bond acceptors (Lipinski definition) is 2. The Hall–Kier alpha value is -1.31. The maximum absolute atomic E-state index is 11.1. The van der Waals surface area contributed by atoms with Gasteiger partial charge in [-0.25, -0.2) is 0 Å². The van der Waals surface area contributed by atoms with Crippen LogP contribution in [0, 0.1) is 0 Å². The van der Waals surface area contributed by atoms with E-state index >= 15 is 0 Å². The number of carbonyl (C=O) groups excluding carboxylic acids is 1. The third-order valence-electron chi connectivity index (χ3n) is 1.31. The van der Waals surface area contributed by atoms with E-state index in [1.54, 1.807) is 12.1 Å². The van der Waals surface area contributed by atoms with Crippen molar-refractivity contribution in [2.24, 2.45) is 0 Å². The van der Waals surface area contributed by atoms with Gasteiger partial charge in [-0.2, -0.15) is 0 Å². The van der Waals surface area contributed by atoms with Gasteiger partial charge in [0.25, 0.3) is 0 Å². The van der Waals surface area contributed by atoms with Gasteiger partial charge in [-0.05, 0) is 18.6 Å². The standard InChI is InChI=1S/C9H10O2/c1-2-3-4-9(10)8-5-6-11-7-8/h3-7H,2H2,1H3/b4-3+. The highest BCUT2D eigenvalue weighted by Crippen LogP contribution is 2.01. The first-order chi connectivity index (χ1) is 5.34. The highest BCUT2D eigenvalue weighted by atomic mass is 16.3. The number of allylic oxidation sites excluding steroid dienone is 2. The monoisotopic (exact) mass is 150 g/mol. The van der Waals surface area contributed by atoms with Crippen LogP contribution < -0.4 is 0 Å². The van der Waals surface area contributed by atoms with Crippen molar-refractivity contribution in [3.63, 3.8) is 0 Å². The zero-order valence-corrected chi connectivity index (χ0v) is 6.41. The first-order valence-corrected chi connectivity index (χ1v) is 3.57. The van der Waals surface area contributed by atoms with Crippen LogP contribution in [-0.4, -0.2) is 5.78 Å². The molecule has 0 N–H and O–H groups in total. The first-order valence-electron chi connectivity index (χ1n) is 3.57. The molecular formula is C9H10O2. The SMILES string of the molecule is CC/C=C/C(=O)c1ccoc1. The fraction of sp³-hybridized carbons (Fsp3) is 0.222. The number of furan rings is 1. The molecule has 1 heterocycles. The summed E-state index contributed by atoms with van der Waals surface area (Å²) in [7, 11) is 0. The lowest BCUT2D eigenvalue weighted by Crippen LogP contribution is -1.89. The maximum atomic E-state index is 11.1. The molecule has 0 saturated heterocycles.